The molecule has 1 aromatic carbocycles. The molecule has 0 bridgehead atoms. The predicted molar refractivity (Wildman–Crippen MR) is 79.4 cm³/mol. The van der Waals surface area contributed by atoms with Crippen molar-refractivity contribution in [3.05, 3.63) is 29.3 Å². The number of halogens is 1. The molecule has 2 rings (SSSR count). The van der Waals surface area contributed by atoms with Crippen molar-refractivity contribution < 1.29 is 0 Å². The van der Waals surface area contributed by atoms with Gasteiger partial charge in [-0.1, -0.05) is 24.4 Å². The Labute approximate surface area is 115 Å². The average molecular weight is 267 g/mol. The van der Waals surface area contributed by atoms with Crippen LogP contribution in [-0.4, -0.2) is 18.6 Å². The Bertz CT molecular complexity index is 342. The second-order valence-electron chi connectivity index (χ2n) is 5.29. The molecule has 1 aliphatic rings. The van der Waals surface area contributed by atoms with Crippen molar-refractivity contribution in [1.29, 1.82) is 0 Å². The van der Waals surface area contributed by atoms with Gasteiger partial charge in [-0.25, -0.2) is 0 Å². The smallest absolute Gasteiger partial charge is 0.0407 e. The summed E-state index contributed by atoms with van der Waals surface area (Å²) in [5, 5.41) is 7.97. The Hall–Kier alpha value is -0.730. The third-order valence-corrected chi connectivity index (χ3v) is 3.81. The van der Waals surface area contributed by atoms with Crippen molar-refractivity contribution in [3.63, 3.8) is 0 Å². The summed E-state index contributed by atoms with van der Waals surface area (Å²) in [6.07, 6.45) is 6.57. The topological polar surface area (TPSA) is 24.1 Å². The van der Waals surface area contributed by atoms with Crippen molar-refractivity contribution in [1.82, 2.24) is 5.32 Å². The lowest BCUT2D eigenvalue weighted by Crippen LogP contribution is -2.33. The van der Waals surface area contributed by atoms with E-state index in [2.05, 4.69) is 17.6 Å². The molecular formula is C15H23ClN2. The monoisotopic (exact) mass is 266 g/mol. The van der Waals surface area contributed by atoms with Gasteiger partial charge in [-0.05, 0) is 57.0 Å². The molecule has 0 spiro atoms. The molecule has 1 aromatic rings. The van der Waals surface area contributed by atoms with E-state index in [-0.39, 0.29) is 0 Å². The zero-order valence-corrected chi connectivity index (χ0v) is 11.8. The number of benzene rings is 1. The Morgan fingerprint density at radius 2 is 2.06 bits per heavy atom. The van der Waals surface area contributed by atoms with Gasteiger partial charge in [0.15, 0.2) is 0 Å². The van der Waals surface area contributed by atoms with Crippen LogP contribution < -0.4 is 10.6 Å². The lowest BCUT2D eigenvalue weighted by atomic mass is 10.0. The molecule has 2 nitrogen and oxygen atoms in total. The fourth-order valence-electron chi connectivity index (χ4n) is 2.62. The van der Waals surface area contributed by atoms with Gasteiger partial charge in [-0.2, -0.15) is 0 Å². The largest absolute Gasteiger partial charge is 0.383 e. The molecule has 1 heterocycles. The predicted octanol–water partition coefficient (Wildman–Crippen LogP) is 4.06. The second-order valence-corrected chi connectivity index (χ2v) is 5.72. The molecule has 0 amide bonds. The summed E-state index contributed by atoms with van der Waals surface area (Å²) in [5.41, 5.74) is 1.15. The van der Waals surface area contributed by atoms with E-state index < -0.39 is 0 Å². The maximum absolute atomic E-state index is 5.88. The third kappa shape index (κ3) is 4.51. The average Bonchev–Trinajstić information content (AvgIpc) is 2.61. The number of anilines is 1. The van der Waals surface area contributed by atoms with Gasteiger partial charge in [0.1, 0.15) is 0 Å². The zero-order valence-electron chi connectivity index (χ0n) is 11.1. The normalized spacial score (nSPS) is 22.2. The molecule has 18 heavy (non-hydrogen) atoms. The van der Waals surface area contributed by atoms with Crippen LogP contribution in [0, 0.1) is 0 Å². The molecule has 100 valence electrons. The van der Waals surface area contributed by atoms with Crippen LogP contribution in [0.2, 0.25) is 5.02 Å². The van der Waals surface area contributed by atoms with E-state index in [1.807, 2.05) is 24.3 Å². The van der Waals surface area contributed by atoms with Crippen LogP contribution in [0.1, 0.15) is 39.0 Å². The summed E-state index contributed by atoms with van der Waals surface area (Å²) < 4.78 is 0. The fourth-order valence-corrected chi connectivity index (χ4v) is 2.74. The Morgan fingerprint density at radius 3 is 2.83 bits per heavy atom. The number of rotatable bonds is 4. The molecule has 3 heteroatoms. The fraction of sp³-hybridized carbons (Fsp3) is 0.600. The lowest BCUT2D eigenvalue weighted by Gasteiger charge is -2.22. The standard InChI is InChI=1S/C15H23ClN2/c1-12(11-15-5-3-2-4-10-17-15)18-14-8-6-13(16)7-9-14/h6-9,12,15,17-18H,2-5,10-11H2,1H3. The van der Waals surface area contributed by atoms with Crippen LogP contribution in [0.15, 0.2) is 24.3 Å². The van der Waals surface area contributed by atoms with Gasteiger partial charge in [-0.15, -0.1) is 0 Å². The minimum absolute atomic E-state index is 0.488. The molecule has 0 aliphatic carbocycles. The van der Waals surface area contributed by atoms with E-state index in [0.29, 0.717) is 12.1 Å². The SMILES string of the molecule is CC(CC1CCCCCN1)Nc1ccc(Cl)cc1. The van der Waals surface area contributed by atoms with E-state index in [1.54, 1.807) is 0 Å². The molecule has 2 N–H and O–H groups in total. The quantitative estimate of drug-likeness (QED) is 0.859. The van der Waals surface area contributed by atoms with Crippen LogP contribution in [-0.2, 0) is 0 Å². The summed E-state index contributed by atoms with van der Waals surface area (Å²) in [7, 11) is 0. The van der Waals surface area contributed by atoms with Crippen molar-refractivity contribution in [2.45, 2.75) is 51.1 Å². The minimum Gasteiger partial charge on any atom is -0.383 e. The van der Waals surface area contributed by atoms with Gasteiger partial charge in [0.25, 0.3) is 0 Å². The van der Waals surface area contributed by atoms with Crippen LogP contribution >= 0.6 is 11.6 Å². The molecule has 0 aromatic heterocycles. The Kier molecular flexibility index (Phi) is 5.33. The van der Waals surface area contributed by atoms with Crippen molar-refractivity contribution in [3.8, 4) is 0 Å². The summed E-state index contributed by atoms with van der Waals surface area (Å²) in [6.45, 7) is 3.43. The van der Waals surface area contributed by atoms with Crippen LogP contribution in [0.5, 0.6) is 0 Å². The lowest BCUT2D eigenvalue weighted by molar-refractivity contribution is 0.456. The van der Waals surface area contributed by atoms with Gasteiger partial charge < -0.3 is 10.6 Å². The van der Waals surface area contributed by atoms with Gasteiger partial charge in [-0.3, -0.25) is 0 Å². The highest BCUT2D eigenvalue weighted by Crippen LogP contribution is 2.17. The van der Waals surface area contributed by atoms with E-state index in [0.717, 1.165) is 10.7 Å². The first-order valence-electron chi connectivity index (χ1n) is 6.99. The number of hydrogen-bond acceptors (Lipinski definition) is 2. The maximum Gasteiger partial charge on any atom is 0.0407 e. The highest BCUT2D eigenvalue weighted by atomic mass is 35.5. The minimum atomic E-state index is 0.488. The van der Waals surface area contributed by atoms with E-state index in [4.69, 9.17) is 11.6 Å². The summed E-state index contributed by atoms with van der Waals surface area (Å²) in [6, 6.07) is 9.10. The van der Waals surface area contributed by atoms with Crippen molar-refractivity contribution >= 4 is 17.3 Å². The summed E-state index contributed by atoms with van der Waals surface area (Å²) in [4.78, 5) is 0. The van der Waals surface area contributed by atoms with Crippen LogP contribution in [0.3, 0.4) is 0 Å². The van der Waals surface area contributed by atoms with Crippen LogP contribution in [0.25, 0.3) is 0 Å². The van der Waals surface area contributed by atoms with Gasteiger partial charge in [0, 0.05) is 22.8 Å². The van der Waals surface area contributed by atoms with E-state index >= 15 is 0 Å². The first kappa shape index (κ1) is 13.7. The number of hydrogen-bond donors (Lipinski definition) is 2. The first-order chi connectivity index (χ1) is 8.74. The molecule has 1 aliphatic heterocycles. The second kappa shape index (κ2) is 7.01. The molecule has 2 unspecified atom stereocenters. The van der Waals surface area contributed by atoms with E-state index in [1.165, 1.54) is 38.6 Å². The Balaban J connectivity index is 1.80. The molecule has 1 fully saturated rings. The van der Waals surface area contributed by atoms with Gasteiger partial charge in [0.2, 0.25) is 0 Å². The molecule has 2 atom stereocenters. The number of nitrogens with one attached hydrogen (secondary N) is 2. The molecule has 0 saturated carbocycles. The maximum atomic E-state index is 5.88. The highest BCUT2D eigenvalue weighted by Gasteiger charge is 2.14. The zero-order chi connectivity index (χ0) is 12.8. The van der Waals surface area contributed by atoms with Gasteiger partial charge >= 0.3 is 0 Å². The first-order valence-corrected chi connectivity index (χ1v) is 7.37. The summed E-state index contributed by atoms with van der Waals surface area (Å²) >= 11 is 5.88. The van der Waals surface area contributed by atoms with E-state index in [9.17, 15) is 0 Å². The Morgan fingerprint density at radius 1 is 1.28 bits per heavy atom. The van der Waals surface area contributed by atoms with Crippen molar-refractivity contribution in [2.24, 2.45) is 0 Å². The molecule has 1 saturated heterocycles. The van der Waals surface area contributed by atoms with Crippen molar-refractivity contribution in [2.75, 3.05) is 11.9 Å². The molecular weight excluding hydrogens is 244 g/mol. The summed E-state index contributed by atoms with van der Waals surface area (Å²) in [5.74, 6) is 0. The van der Waals surface area contributed by atoms with Gasteiger partial charge in [0.05, 0.1) is 0 Å². The van der Waals surface area contributed by atoms with Crippen LogP contribution in [0.4, 0.5) is 5.69 Å². The molecule has 0 radical (unpaired) electrons. The third-order valence-electron chi connectivity index (χ3n) is 3.56. The highest BCUT2D eigenvalue weighted by molar-refractivity contribution is 6.30.